The van der Waals surface area contributed by atoms with Crippen LogP contribution < -0.4 is 9.62 Å². The van der Waals surface area contributed by atoms with Crippen LogP contribution in [-0.4, -0.2) is 15.5 Å². The average Bonchev–Trinajstić information content (AvgIpc) is 2.68. The van der Waals surface area contributed by atoms with Gasteiger partial charge in [-0.05, 0) is 54.1 Å². The molecule has 0 unspecified atom stereocenters. The molecule has 0 aliphatic carbocycles. The van der Waals surface area contributed by atoms with Crippen molar-refractivity contribution >= 4 is 21.4 Å². The minimum Gasteiger partial charge on any atom is -0.381 e. The van der Waals surface area contributed by atoms with E-state index in [4.69, 9.17) is 0 Å². The molecule has 3 aromatic rings. The van der Waals surface area contributed by atoms with E-state index in [0.717, 1.165) is 11.3 Å². The average molecular weight is 370 g/mol. The molecule has 0 atom stereocenters. The SMILES string of the molecule is CN(c1ccccc1)S(=O)(=O)c1ccc(NCc2ccc(F)cc2)cc1. The molecule has 0 aliphatic rings. The van der Waals surface area contributed by atoms with Crippen molar-refractivity contribution in [2.24, 2.45) is 0 Å². The first-order chi connectivity index (χ1) is 12.5. The Balaban J connectivity index is 1.71. The zero-order valence-corrected chi connectivity index (χ0v) is 15.1. The first-order valence-electron chi connectivity index (χ1n) is 8.09. The summed E-state index contributed by atoms with van der Waals surface area (Å²) in [5, 5.41) is 3.19. The number of nitrogens with zero attached hydrogens (tertiary/aromatic N) is 1. The number of nitrogens with one attached hydrogen (secondary N) is 1. The summed E-state index contributed by atoms with van der Waals surface area (Å²) in [5.74, 6) is -0.272. The van der Waals surface area contributed by atoms with Crippen LogP contribution in [0.15, 0.2) is 83.8 Å². The molecule has 3 rings (SSSR count). The highest BCUT2D eigenvalue weighted by atomic mass is 32.2. The monoisotopic (exact) mass is 370 g/mol. The van der Waals surface area contributed by atoms with Crippen LogP contribution in [0.1, 0.15) is 5.56 Å². The lowest BCUT2D eigenvalue weighted by molar-refractivity contribution is 0.594. The Bertz CT molecular complexity index is 957. The summed E-state index contributed by atoms with van der Waals surface area (Å²) in [6.45, 7) is 0.524. The van der Waals surface area contributed by atoms with Crippen molar-refractivity contribution in [3.8, 4) is 0 Å². The third-order valence-electron chi connectivity index (χ3n) is 4.04. The van der Waals surface area contributed by atoms with E-state index < -0.39 is 10.0 Å². The van der Waals surface area contributed by atoms with Gasteiger partial charge in [-0.2, -0.15) is 0 Å². The molecule has 0 heterocycles. The summed E-state index contributed by atoms with van der Waals surface area (Å²) in [7, 11) is -2.08. The Morgan fingerprint density at radius 1 is 0.885 bits per heavy atom. The van der Waals surface area contributed by atoms with Gasteiger partial charge < -0.3 is 5.32 Å². The Morgan fingerprint density at radius 3 is 2.12 bits per heavy atom. The lowest BCUT2D eigenvalue weighted by Crippen LogP contribution is -2.26. The fourth-order valence-electron chi connectivity index (χ4n) is 2.49. The van der Waals surface area contributed by atoms with Crippen LogP contribution in [0, 0.1) is 5.82 Å². The van der Waals surface area contributed by atoms with Gasteiger partial charge in [-0.3, -0.25) is 4.31 Å². The Labute approximate surface area is 153 Å². The van der Waals surface area contributed by atoms with E-state index in [2.05, 4.69) is 5.32 Å². The van der Waals surface area contributed by atoms with Gasteiger partial charge in [0.25, 0.3) is 10.0 Å². The van der Waals surface area contributed by atoms with Gasteiger partial charge in [-0.15, -0.1) is 0 Å². The predicted molar refractivity (Wildman–Crippen MR) is 102 cm³/mol. The maximum Gasteiger partial charge on any atom is 0.264 e. The zero-order chi connectivity index (χ0) is 18.6. The molecule has 0 radical (unpaired) electrons. The number of anilines is 2. The Hall–Kier alpha value is -2.86. The highest BCUT2D eigenvalue weighted by molar-refractivity contribution is 7.92. The molecule has 6 heteroatoms. The standard InChI is InChI=1S/C20H19FN2O2S/c1-23(19-5-3-2-4-6-19)26(24,25)20-13-11-18(12-14-20)22-15-16-7-9-17(21)10-8-16/h2-14,22H,15H2,1H3. The van der Waals surface area contributed by atoms with Gasteiger partial charge in [-0.1, -0.05) is 30.3 Å². The van der Waals surface area contributed by atoms with Crippen LogP contribution >= 0.6 is 0 Å². The lowest BCUT2D eigenvalue weighted by atomic mass is 10.2. The molecule has 0 saturated heterocycles. The van der Waals surface area contributed by atoms with Crippen LogP contribution in [0.5, 0.6) is 0 Å². The molecular weight excluding hydrogens is 351 g/mol. The van der Waals surface area contributed by atoms with E-state index in [-0.39, 0.29) is 10.7 Å². The normalized spacial score (nSPS) is 11.2. The molecular formula is C20H19FN2O2S. The maximum absolute atomic E-state index is 12.9. The number of hydrogen-bond acceptors (Lipinski definition) is 3. The summed E-state index contributed by atoms with van der Waals surface area (Å²) in [6.07, 6.45) is 0. The number of hydrogen-bond donors (Lipinski definition) is 1. The number of benzene rings is 3. The van der Waals surface area contributed by atoms with Crippen molar-refractivity contribution in [1.29, 1.82) is 0 Å². The quantitative estimate of drug-likeness (QED) is 0.705. The lowest BCUT2D eigenvalue weighted by Gasteiger charge is -2.19. The van der Waals surface area contributed by atoms with Crippen molar-refractivity contribution < 1.29 is 12.8 Å². The molecule has 134 valence electrons. The first kappa shape index (κ1) is 17.9. The molecule has 0 aliphatic heterocycles. The predicted octanol–water partition coefficient (Wildman–Crippen LogP) is 4.26. The molecule has 4 nitrogen and oxygen atoms in total. The van der Waals surface area contributed by atoms with E-state index in [0.29, 0.717) is 12.2 Å². The second kappa shape index (κ2) is 7.58. The molecule has 0 aromatic heterocycles. The topological polar surface area (TPSA) is 49.4 Å². The van der Waals surface area contributed by atoms with Gasteiger partial charge in [-0.25, -0.2) is 12.8 Å². The largest absolute Gasteiger partial charge is 0.381 e. The Kier molecular flexibility index (Phi) is 5.23. The van der Waals surface area contributed by atoms with E-state index >= 15 is 0 Å². The van der Waals surface area contributed by atoms with Crippen molar-refractivity contribution in [3.05, 3.63) is 90.2 Å². The second-order valence-electron chi connectivity index (χ2n) is 5.81. The smallest absolute Gasteiger partial charge is 0.264 e. The molecule has 3 aromatic carbocycles. The van der Waals surface area contributed by atoms with Gasteiger partial charge in [0.15, 0.2) is 0 Å². The molecule has 0 amide bonds. The third-order valence-corrected chi connectivity index (χ3v) is 5.84. The van der Waals surface area contributed by atoms with Crippen molar-refractivity contribution in [1.82, 2.24) is 0 Å². The molecule has 0 fully saturated rings. The summed E-state index contributed by atoms with van der Waals surface area (Å²) >= 11 is 0. The van der Waals surface area contributed by atoms with Gasteiger partial charge in [0.1, 0.15) is 5.82 Å². The van der Waals surface area contributed by atoms with Gasteiger partial charge >= 0.3 is 0 Å². The van der Waals surface area contributed by atoms with Crippen LogP contribution in [-0.2, 0) is 16.6 Å². The summed E-state index contributed by atoms with van der Waals surface area (Å²) in [4.78, 5) is 0.219. The minimum absolute atomic E-state index is 0.219. The number of halogens is 1. The maximum atomic E-state index is 12.9. The third kappa shape index (κ3) is 4.03. The van der Waals surface area contributed by atoms with Crippen molar-refractivity contribution in [2.45, 2.75) is 11.4 Å². The summed E-state index contributed by atoms with van der Waals surface area (Å²) in [5.41, 5.74) is 2.33. The van der Waals surface area contributed by atoms with Crippen LogP contribution in [0.25, 0.3) is 0 Å². The molecule has 1 N–H and O–H groups in total. The summed E-state index contributed by atoms with van der Waals surface area (Å²) in [6, 6.07) is 21.7. The highest BCUT2D eigenvalue weighted by Crippen LogP contribution is 2.23. The Morgan fingerprint density at radius 2 is 1.50 bits per heavy atom. The second-order valence-corrected chi connectivity index (χ2v) is 7.78. The zero-order valence-electron chi connectivity index (χ0n) is 14.3. The first-order valence-corrected chi connectivity index (χ1v) is 9.53. The van der Waals surface area contributed by atoms with E-state index in [1.807, 2.05) is 6.07 Å². The summed E-state index contributed by atoms with van der Waals surface area (Å²) < 4.78 is 39.6. The fraction of sp³-hybridized carbons (Fsp3) is 0.100. The van der Waals surface area contributed by atoms with E-state index in [1.165, 1.54) is 23.5 Å². The van der Waals surface area contributed by atoms with Crippen molar-refractivity contribution in [3.63, 3.8) is 0 Å². The van der Waals surface area contributed by atoms with Gasteiger partial charge in [0.2, 0.25) is 0 Å². The highest BCUT2D eigenvalue weighted by Gasteiger charge is 2.20. The van der Waals surface area contributed by atoms with E-state index in [9.17, 15) is 12.8 Å². The molecule has 0 spiro atoms. The van der Waals surface area contributed by atoms with Crippen molar-refractivity contribution in [2.75, 3.05) is 16.7 Å². The molecule has 0 bridgehead atoms. The number of sulfonamides is 1. The molecule has 26 heavy (non-hydrogen) atoms. The van der Waals surface area contributed by atoms with Gasteiger partial charge in [0.05, 0.1) is 10.6 Å². The van der Waals surface area contributed by atoms with E-state index in [1.54, 1.807) is 60.7 Å². The van der Waals surface area contributed by atoms with Crippen LogP contribution in [0.4, 0.5) is 15.8 Å². The number of rotatable bonds is 6. The van der Waals surface area contributed by atoms with Crippen LogP contribution in [0.2, 0.25) is 0 Å². The van der Waals surface area contributed by atoms with Crippen LogP contribution in [0.3, 0.4) is 0 Å². The van der Waals surface area contributed by atoms with Gasteiger partial charge in [0, 0.05) is 19.3 Å². The molecule has 0 saturated carbocycles. The fourth-order valence-corrected chi connectivity index (χ4v) is 3.68. The minimum atomic E-state index is -3.62. The number of para-hydroxylation sites is 1.